The Morgan fingerprint density at radius 3 is 2.49 bits per heavy atom. The number of fused-ring (bicyclic) bond motifs is 3. The van der Waals surface area contributed by atoms with E-state index in [-0.39, 0.29) is 5.95 Å². The number of nitrogens with zero attached hydrogens (tertiary/aromatic N) is 8. The van der Waals surface area contributed by atoms with Gasteiger partial charge in [0.05, 0.1) is 17.6 Å². The second kappa shape index (κ2) is 10.3. The molecule has 200 valence electrons. The Bertz CT molecular complexity index is 1450. The summed E-state index contributed by atoms with van der Waals surface area (Å²) in [6, 6.07) is 15.3. The lowest BCUT2D eigenvalue weighted by Crippen LogP contribution is -2.44. The first-order valence-electron chi connectivity index (χ1n) is 14.1. The quantitative estimate of drug-likeness (QED) is 0.401. The van der Waals surface area contributed by atoms with Gasteiger partial charge in [-0.1, -0.05) is 24.3 Å². The molecule has 0 saturated carbocycles. The van der Waals surface area contributed by atoms with Crippen LogP contribution in [0.15, 0.2) is 48.7 Å². The molecule has 10 heteroatoms. The SMILES string of the molecule is Nc1nc(Nc2ccc(N3CCC(N4CCCC4)CC3)nc2)nn1-c1cc2c(nn1)-c1ccccc1CCC2. The van der Waals surface area contributed by atoms with Crippen LogP contribution >= 0.6 is 0 Å². The van der Waals surface area contributed by atoms with Crippen LogP contribution in [-0.4, -0.2) is 67.1 Å². The molecule has 2 fully saturated rings. The van der Waals surface area contributed by atoms with E-state index in [1.807, 2.05) is 18.3 Å². The number of hydrogen-bond acceptors (Lipinski definition) is 9. The molecule has 39 heavy (non-hydrogen) atoms. The second-order valence-corrected chi connectivity index (χ2v) is 10.8. The van der Waals surface area contributed by atoms with Crippen molar-refractivity contribution in [1.82, 2.24) is 34.8 Å². The zero-order valence-electron chi connectivity index (χ0n) is 22.1. The van der Waals surface area contributed by atoms with Crippen LogP contribution < -0.4 is 16.0 Å². The van der Waals surface area contributed by atoms with Gasteiger partial charge in [-0.2, -0.15) is 9.67 Å². The Kier molecular flexibility index (Phi) is 6.32. The Morgan fingerprint density at radius 1 is 0.846 bits per heavy atom. The van der Waals surface area contributed by atoms with Crippen LogP contribution in [-0.2, 0) is 12.8 Å². The van der Waals surface area contributed by atoms with E-state index in [0.29, 0.717) is 11.8 Å². The number of likely N-dealkylation sites (tertiary alicyclic amines) is 1. The number of hydrogen-bond donors (Lipinski definition) is 2. The fourth-order valence-corrected chi connectivity index (χ4v) is 6.27. The highest BCUT2D eigenvalue weighted by Gasteiger charge is 2.27. The van der Waals surface area contributed by atoms with Crippen LogP contribution in [0.2, 0.25) is 0 Å². The molecule has 3 aromatic heterocycles. The predicted octanol–water partition coefficient (Wildman–Crippen LogP) is 4.00. The molecule has 1 aromatic carbocycles. The summed E-state index contributed by atoms with van der Waals surface area (Å²) in [5.74, 6) is 2.24. The van der Waals surface area contributed by atoms with E-state index in [9.17, 15) is 0 Å². The zero-order valence-corrected chi connectivity index (χ0v) is 22.1. The van der Waals surface area contributed by atoms with Crippen molar-refractivity contribution in [1.29, 1.82) is 0 Å². The lowest BCUT2D eigenvalue weighted by atomic mass is 10.0. The van der Waals surface area contributed by atoms with Gasteiger partial charge in [0.25, 0.3) is 0 Å². The van der Waals surface area contributed by atoms with E-state index in [1.165, 1.54) is 44.3 Å². The van der Waals surface area contributed by atoms with Crippen molar-refractivity contribution in [3.63, 3.8) is 0 Å². The maximum atomic E-state index is 6.24. The molecule has 0 unspecified atom stereocenters. The molecule has 3 aliphatic rings. The number of nitrogens with one attached hydrogen (secondary N) is 1. The zero-order chi connectivity index (χ0) is 26.2. The molecule has 0 radical (unpaired) electrons. The van der Waals surface area contributed by atoms with Crippen molar-refractivity contribution in [2.45, 2.75) is 51.0 Å². The summed E-state index contributed by atoms with van der Waals surface area (Å²) in [4.78, 5) is 14.2. The minimum absolute atomic E-state index is 0.256. The van der Waals surface area contributed by atoms with Crippen molar-refractivity contribution in [2.24, 2.45) is 0 Å². The van der Waals surface area contributed by atoms with Gasteiger partial charge in [0.15, 0.2) is 5.82 Å². The number of rotatable bonds is 5. The van der Waals surface area contributed by atoms with Crippen LogP contribution in [0.1, 0.15) is 43.2 Å². The number of anilines is 4. The highest BCUT2D eigenvalue weighted by molar-refractivity contribution is 5.68. The molecule has 7 rings (SSSR count). The average molecular weight is 523 g/mol. The van der Waals surface area contributed by atoms with Gasteiger partial charge in [-0.3, -0.25) is 0 Å². The number of piperidine rings is 1. The molecule has 0 bridgehead atoms. The Hall–Kier alpha value is -4.05. The number of pyridine rings is 1. The molecule has 3 N–H and O–H groups in total. The maximum Gasteiger partial charge on any atom is 0.248 e. The van der Waals surface area contributed by atoms with Gasteiger partial charge in [0.1, 0.15) is 5.82 Å². The number of aromatic nitrogens is 6. The normalized spacial score (nSPS) is 18.0. The number of aryl methyl sites for hydroxylation is 2. The van der Waals surface area contributed by atoms with Gasteiger partial charge in [0, 0.05) is 24.7 Å². The molecular formula is C29H34N10. The van der Waals surface area contributed by atoms with Gasteiger partial charge in [0.2, 0.25) is 11.9 Å². The van der Waals surface area contributed by atoms with Crippen molar-refractivity contribution in [2.75, 3.05) is 42.1 Å². The first-order chi connectivity index (χ1) is 19.2. The van der Waals surface area contributed by atoms with Crippen LogP contribution in [0.4, 0.5) is 23.4 Å². The third-order valence-corrected chi connectivity index (χ3v) is 8.32. The van der Waals surface area contributed by atoms with Gasteiger partial charge in [-0.15, -0.1) is 15.3 Å². The minimum atomic E-state index is 0.256. The largest absolute Gasteiger partial charge is 0.368 e. The van der Waals surface area contributed by atoms with E-state index >= 15 is 0 Å². The van der Waals surface area contributed by atoms with Gasteiger partial charge >= 0.3 is 0 Å². The summed E-state index contributed by atoms with van der Waals surface area (Å²) in [6.45, 7) is 4.64. The third kappa shape index (κ3) is 4.80. The molecule has 5 heterocycles. The third-order valence-electron chi connectivity index (χ3n) is 8.32. The van der Waals surface area contributed by atoms with E-state index < -0.39 is 0 Å². The van der Waals surface area contributed by atoms with Crippen LogP contribution in [0.25, 0.3) is 17.1 Å². The van der Waals surface area contributed by atoms with E-state index in [4.69, 9.17) is 10.7 Å². The Morgan fingerprint density at radius 2 is 1.67 bits per heavy atom. The molecule has 1 aliphatic carbocycles. The lowest BCUT2D eigenvalue weighted by molar-refractivity contribution is 0.207. The molecular weight excluding hydrogens is 488 g/mol. The first-order valence-corrected chi connectivity index (χ1v) is 14.1. The number of nitrogen functional groups attached to an aromatic ring is 1. The van der Waals surface area contributed by atoms with Crippen LogP contribution in [0.5, 0.6) is 0 Å². The van der Waals surface area contributed by atoms with E-state index in [2.05, 4.69) is 65.7 Å². The van der Waals surface area contributed by atoms with E-state index in [0.717, 1.165) is 66.7 Å². The van der Waals surface area contributed by atoms with Gasteiger partial charge in [-0.25, -0.2) is 4.98 Å². The van der Waals surface area contributed by atoms with Crippen molar-refractivity contribution >= 4 is 23.4 Å². The Balaban J connectivity index is 1.04. The number of nitrogens with two attached hydrogens (primary N) is 1. The Labute approximate surface area is 228 Å². The number of benzene rings is 1. The summed E-state index contributed by atoms with van der Waals surface area (Å²) in [5.41, 5.74) is 11.6. The van der Waals surface area contributed by atoms with Crippen LogP contribution in [0.3, 0.4) is 0 Å². The molecule has 0 spiro atoms. The molecule has 10 nitrogen and oxygen atoms in total. The van der Waals surface area contributed by atoms with Crippen LogP contribution in [0, 0.1) is 0 Å². The maximum absolute atomic E-state index is 6.24. The molecule has 2 aliphatic heterocycles. The summed E-state index contributed by atoms with van der Waals surface area (Å²) >= 11 is 0. The first kappa shape index (κ1) is 24.0. The predicted molar refractivity (Wildman–Crippen MR) is 152 cm³/mol. The molecule has 2 saturated heterocycles. The van der Waals surface area contributed by atoms with E-state index in [1.54, 1.807) is 4.68 Å². The van der Waals surface area contributed by atoms with Gasteiger partial charge in [-0.05, 0) is 87.4 Å². The van der Waals surface area contributed by atoms with Crippen molar-refractivity contribution < 1.29 is 0 Å². The molecule has 0 atom stereocenters. The summed E-state index contributed by atoms with van der Waals surface area (Å²) in [5, 5.41) is 16.9. The van der Waals surface area contributed by atoms with Crippen molar-refractivity contribution in [3.8, 4) is 17.1 Å². The lowest BCUT2D eigenvalue weighted by Gasteiger charge is -2.37. The molecule has 4 aromatic rings. The monoisotopic (exact) mass is 522 g/mol. The summed E-state index contributed by atoms with van der Waals surface area (Å²) in [6.07, 6.45) is 9.98. The standard InChI is InChI=1S/C29H34N10/c30-28-33-29(32-22-10-11-25(31-19-22)38-16-12-23(13-17-38)37-14-3-4-15-37)36-39(28)26-18-21-8-5-7-20-6-1-2-9-24(20)27(21)35-34-26/h1-2,6,9-11,18-19,23H,3-5,7-8,12-17H2,(H3,30,32,33,36). The van der Waals surface area contributed by atoms with Crippen molar-refractivity contribution in [3.05, 3.63) is 59.8 Å². The smallest absolute Gasteiger partial charge is 0.248 e. The fourth-order valence-electron chi connectivity index (χ4n) is 6.27. The van der Waals surface area contributed by atoms with Gasteiger partial charge < -0.3 is 20.9 Å². The average Bonchev–Trinajstić information content (AvgIpc) is 3.60. The fraction of sp³-hybridized carbons (Fsp3) is 0.414. The summed E-state index contributed by atoms with van der Waals surface area (Å²) < 4.78 is 1.54. The topological polar surface area (TPSA) is 114 Å². The highest BCUT2D eigenvalue weighted by Crippen LogP contribution is 2.31. The second-order valence-electron chi connectivity index (χ2n) is 10.8. The summed E-state index contributed by atoms with van der Waals surface area (Å²) in [7, 11) is 0. The molecule has 0 amide bonds. The highest BCUT2D eigenvalue weighted by atomic mass is 15.4. The minimum Gasteiger partial charge on any atom is -0.368 e.